The van der Waals surface area contributed by atoms with Crippen LogP contribution in [0.3, 0.4) is 0 Å². The average Bonchev–Trinajstić information content (AvgIpc) is 3.43. The van der Waals surface area contributed by atoms with Gasteiger partial charge in [0, 0.05) is 25.2 Å². The maximum absolute atomic E-state index is 6.36. The normalized spacial score (nSPS) is 20.5. The molecule has 2 fully saturated rings. The Kier molecular flexibility index (Phi) is 9.12. The number of nitrogens with one attached hydrogen (secondary N) is 2. The smallest absolute Gasteiger partial charge is 0.191 e. The lowest BCUT2D eigenvalue weighted by molar-refractivity contribution is 0.198. The van der Waals surface area contributed by atoms with Gasteiger partial charge in [0.25, 0.3) is 0 Å². The third-order valence-corrected chi connectivity index (χ3v) is 6.09. The summed E-state index contributed by atoms with van der Waals surface area (Å²) in [6.45, 7) is 10.4. The summed E-state index contributed by atoms with van der Waals surface area (Å²) in [7, 11) is 1.71. The Bertz CT molecular complexity index is 673. The fourth-order valence-corrected chi connectivity index (χ4v) is 4.50. The molecule has 1 atom stereocenters. The minimum Gasteiger partial charge on any atom is -0.493 e. The summed E-state index contributed by atoms with van der Waals surface area (Å²) in [5.41, 5.74) is 1.08. The lowest BCUT2D eigenvalue weighted by atomic mass is 10.1. The number of methoxy groups -OCH3 is 1. The van der Waals surface area contributed by atoms with Crippen molar-refractivity contribution in [3.8, 4) is 11.5 Å². The molecule has 0 radical (unpaired) electrons. The maximum atomic E-state index is 6.36. The van der Waals surface area contributed by atoms with Gasteiger partial charge in [-0.15, -0.1) is 0 Å². The highest BCUT2D eigenvalue weighted by Crippen LogP contribution is 2.35. The van der Waals surface area contributed by atoms with Crippen molar-refractivity contribution >= 4 is 5.96 Å². The molecule has 1 aromatic carbocycles. The Morgan fingerprint density at radius 2 is 2.00 bits per heavy atom. The van der Waals surface area contributed by atoms with Crippen LogP contribution in [0.4, 0.5) is 0 Å². The number of ether oxygens (including phenoxy) is 2. The van der Waals surface area contributed by atoms with Crippen molar-refractivity contribution in [1.82, 2.24) is 15.5 Å². The highest BCUT2D eigenvalue weighted by atomic mass is 16.5. The molecule has 0 amide bonds. The molecule has 0 aromatic heterocycles. The molecule has 1 aromatic rings. The predicted molar refractivity (Wildman–Crippen MR) is 124 cm³/mol. The van der Waals surface area contributed by atoms with Crippen molar-refractivity contribution in [3.05, 3.63) is 23.8 Å². The van der Waals surface area contributed by atoms with Crippen LogP contribution < -0.4 is 20.1 Å². The summed E-state index contributed by atoms with van der Waals surface area (Å²) in [6, 6.07) is 6.09. The lowest BCUT2D eigenvalue weighted by Gasteiger charge is -2.19. The summed E-state index contributed by atoms with van der Waals surface area (Å²) in [4.78, 5) is 7.42. The van der Waals surface area contributed by atoms with E-state index in [4.69, 9.17) is 14.5 Å². The van der Waals surface area contributed by atoms with Crippen molar-refractivity contribution < 1.29 is 9.47 Å². The van der Waals surface area contributed by atoms with Crippen molar-refractivity contribution in [1.29, 1.82) is 0 Å². The first-order valence-corrected chi connectivity index (χ1v) is 11.8. The van der Waals surface area contributed by atoms with Gasteiger partial charge in [0.1, 0.15) is 0 Å². The minimum atomic E-state index is 0.295. The Morgan fingerprint density at radius 3 is 2.73 bits per heavy atom. The second kappa shape index (κ2) is 12.0. The van der Waals surface area contributed by atoms with Crippen LogP contribution in [0.5, 0.6) is 11.5 Å². The van der Waals surface area contributed by atoms with E-state index in [0.29, 0.717) is 18.6 Å². The maximum Gasteiger partial charge on any atom is 0.191 e. The number of aliphatic imine (C=N–C) groups is 1. The van der Waals surface area contributed by atoms with Crippen LogP contribution in [0.25, 0.3) is 0 Å². The van der Waals surface area contributed by atoms with E-state index in [-0.39, 0.29) is 0 Å². The zero-order valence-corrected chi connectivity index (χ0v) is 19.1. The zero-order chi connectivity index (χ0) is 21.2. The number of benzene rings is 1. The first-order chi connectivity index (χ1) is 14.7. The molecular formula is C24H40N4O2. The molecule has 2 N–H and O–H groups in total. The van der Waals surface area contributed by atoms with E-state index in [1.54, 1.807) is 7.11 Å². The van der Waals surface area contributed by atoms with Crippen LogP contribution in [0, 0.1) is 5.92 Å². The molecule has 0 spiro atoms. The molecule has 6 heteroatoms. The Labute approximate surface area is 182 Å². The van der Waals surface area contributed by atoms with E-state index in [1.165, 1.54) is 45.3 Å². The topological polar surface area (TPSA) is 58.1 Å². The minimum absolute atomic E-state index is 0.295. The third kappa shape index (κ3) is 6.53. The highest BCUT2D eigenvalue weighted by molar-refractivity contribution is 5.79. The molecule has 168 valence electrons. The van der Waals surface area contributed by atoms with E-state index >= 15 is 0 Å². The van der Waals surface area contributed by atoms with E-state index in [0.717, 1.165) is 49.0 Å². The lowest BCUT2D eigenvalue weighted by Crippen LogP contribution is -2.40. The molecule has 1 unspecified atom stereocenters. The molecule has 1 aliphatic heterocycles. The average molecular weight is 417 g/mol. The van der Waals surface area contributed by atoms with E-state index in [1.807, 2.05) is 12.1 Å². The van der Waals surface area contributed by atoms with Gasteiger partial charge in [0.05, 0.1) is 19.8 Å². The van der Waals surface area contributed by atoms with Crippen molar-refractivity contribution in [2.24, 2.45) is 10.9 Å². The summed E-state index contributed by atoms with van der Waals surface area (Å²) in [5, 5.41) is 6.94. The number of para-hydroxylation sites is 1. The van der Waals surface area contributed by atoms with Gasteiger partial charge >= 0.3 is 0 Å². The van der Waals surface area contributed by atoms with Crippen LogP contribution >= 0.6 is 0 Å². The predicted octanol–water partition coefficient (Wildman–Crippen LogP) is 3.80. The first kappa shape index (κ1) is 22.7. The molecular weight excluding hydrogens is 376 g/mol. The monoisotopic (exact) mass is 416 g/mol. The standard InChI is InChI=1S/C24H40N4O2/c1-4-14-28-15-13-19(18-28)16-26-24(25-5-2)27-17-20-9-8-12-22(29-3)23(20)30-21-10-6-7-11-21/h8-9,12,19,21H,4-7,10-11,13-18H2,1-3H3,(H2,25,26,27). The van der Waals surface area contributed by atoms with Crippen molar-refractivity contribution in [3.63, 3.8) is 0 Å². The highest BCUT2D eigenvalue weighted by Gasteiger charge is 2.22. The summed E-state index contributed by atoms with van der Waals surface area (Å²) < 4.78 is 11.9. The molecule has 3 rings (SSSR count). The summed E-state index contributed by atoms with van der Waals surface area (Å²) >= 11 is 0. The molecule has 1 saturated carbocycles. The van der Waals surface area contributed by atoms with Crippen LogP contribution in [0.2, 0.25) is 0 Å². The van der Waals surface area contributed by atoms with Crippen molar-refractivity contribution in [2.45, 2.75) is 65.0 Å². The van der Waals surface area contributed by atoms with E-state index in [9.17, 15) is 0 Å². The second-order valence-corrected chi connectivity index (χ2v) is 8.50. The van der Waals surface area contributed by atoms with Gasteiger partial charge in [-0.25, -0.2) is 4.99 Å². The van der Waals surface area contributed by atoms with Crippen LogP contribution in [-0.2, 0) is 6.54 Å². The van der Waals surface area contributed by atoms with Crippen LogP contribution in [0.15, 0.2) is 23.2 Å². The van der Waals surface area contributed by atoms with Gasteiger partial charge in [-0.2, -0.15) is 0 Å². The molecule has 1 heterocycles. The Morgan fingerprint density at radius 1 is 1.17 bits per heavy atom. The van der Waals surface area contributed by atoms with Crippen LogP contribution in [-0.4, -0.2) is 56.8 Å². The number of hydrogen-bond donors (Lipinski definition) is 2. The van der Waals surface area contributed by atoms with Gasteiger partial charge < -0.3 is 25.0 Å². The third-order valence-electron chi connectivity index (χ3n) is 6.09. The van der Waals surface area contributed by atoms with E-state index < -0.39 is 0 Å². The van der Waals surface area contributed by atoms with E-state index in [2.05, 4.69) is 35.4 Å². The summed E-state index contributed by atoms with van der Waals surface area (Å²) in [5.74, 6) is 3.23. The second-order valence-electron chi connectivity index (χ2n) is 8.50. The largest absolute Gasteiger partial charge is 0.493 e. The first-order valence-electron chi connectivity index (χ1n) is 11.8. The molecule has 1 aliphatic carbocycles. The van der Waals surface area contributed by atoms with Gasteiger partial charge in [-0.05, 0) is 70.5 Å². The quantitative estimate of drug-likeness (QED) is 0.449. The molecule has 2 aliphatic rings. The van der Waals surface area contributed by atoms with Crippen molar-refractivity contribution in [2.75, 3.05) is 39.8 Å². The Balaban J connectivity index is 1.62. The van der Waals surface area contributed by atoms with Gasteiger partial charge in [0.15, 0.2) is 17.5 Å². The molecule has 1 saturated heterocycles. The molecule has 6 nitrogen and oxygen atoms in total. The van der Waals surface area contributed by atoms with Gasteiger partial charge in [-0.1, -0.05) is 19.1 Å². The zero-order valence-electron chi connectivity index (χ0n) is 19.1. The fraction of sp³-hybridized carbons (Fsp3) is 0.708. The fourth-order valence-electron chi connectivity index (χ4n) is 4.50. The number of likely N-dealkylation sites (tertiary alicyclic amines) is 1. The van der Waals surface area contributed by atoms with Crippen LogP contribution in [0.1, 0.15) is 57.9 Å². The number of nitrogens with zero attached hydrogens (tertiary/aromatic N) is 2. The molecule has 30 heavy (non-hydrogen) atoms. The number of rotatable bonds is 10. The Hall–Kier alpha value is -1.95. The SMILES string of the molecule is CCCN1CCC(CNC(=NCc2cccc(OC)c2OC2CCCC2)NCC)C1. The summed E-state index contributed by atoms with van der Waals surface area (Å²) in [6.07, 6.45) is 7.54. The van der Waals surface area contributed by atoms with Gasteiger partial charge in [0.2, 0.25) is 0 Å². The number of hydrogen-bond acceptors (Lipinski definition) is 4. The molecule has 0 bridgehead atoms. The number of guanidine groups is 1. The van der Waals surface area contributed by atoms with Gasteiger partial charge in [-0.3, -0.25) is 0 Å².